The summed E-state index contributed by atoms with van der Waals surface area (Å²) in [5.41, 5.74) is -12.3. The second kappa shape index (κ2) is 7.48. The van der Waals surface area contributed by atoms with Gasteiger partial charge in [-0.2, -0.15) is 26.3 Å². The van der Waals surface area contributed by atoms with Crippen LogP contribution in [-0.2, 0) is 26.6 Å². The van der Waals surface area contributed by atoms with Gasteiger partial charge in [0.25, 0.3) is 0 Å². The predicted molar refractivity (Wildman–Crippen MR) is 65.6 cm³/mol. The normalized spacial score (nSPS) is 13.3. The maximum absolute atomic E-state index is 11.5. The van der Waals surface area contributed by atoms with Crippen molar-refractivity contribution in [3.63, 3.8) is 0 Å². The monoisotopic (exact) mass is 391 g/mol. The van der Waals surface area contributed by atoms with Gasteiger partial charge < -0.3 is 4.57 Å². The fourth-order valence-electron chi connectivity index (χ4n) is 0.916. The molecule has 23 heavy (non-hydrogen) atoms. The Kier molecular flexibility index (Phi) is 7.04. The van der Waals surface area contributed by atoms with Crippen molar-refractivity contribution in [2.75, 3.05) is 0 Å². The third kappa shape index (κ3) is 6.74. The maximum atomic E-state index is 11.5. The molecule has 0 fully saturated rings. The van der Waals surface area contributed by atoms with Crippen LogP contribution in [0.25, 0.3) is 0 Å². The zero-order valence-electron chi connectivity index (χ0n) is 11.3. The molecule has 1 N–H and O–H groups in total. The van der Waals surface area contributed by atoms with E-state index in [4.69, 9.17) is 0 Å². The topological polar surface area (TPSA) is 98.1 Å². The number of hydrogen-bond acceptors (Lipinski definition) is 5. The van der Waals surface area contributed by atoms with Crippen molar-refractivity contribution >= 4 is 20.0 Å². The summed E-state index contributed by atoms with van der Waals surface area (Å²) in [5.74, 6) is 0. The fraction of sp³-hybridized carbons (Fsp3) is 0.625. The zero-order valence-corrected chi connectivity index (χ0v) is 12.9. The van der Waals surface area contributed by atoms with Gasteiger partial charge in [-0.1, -0.05) is 11.1 Å². The molecule has 136 valence electrons. The molecule has 0 aromatic carbocycles. The summed E-state index contributed by atoms with van der Waals surface area (Å²) < 4.78 is 110. The van der Waals surface area contributed by atoms with Gasteiger partial charge in [0.15, 0.2) is 0 Å². The third-order valence-corrected chi connectivity index (χ3v) is 4.84. The van der Waals surface area contributed by atoms with Gasteiger partial charge >= 0.3 is 31.1 Å². The Bertz CT molecular complexity index is 636. The molecule has 0 saturated heterocycles. The van der Waals surface area contributed by atoms with Crippen molar-refractivity contribution in [3.05, 3.63) is 18.7 Å². The number of halogens is 6. The van der Waals surface area contributed by atoms with E-state index >= 15 is 0 Å². The minimum atomic E-state index is -6.60. The summed E-state index contributed by atoms with van der Waals surface area (Å²) in [6, 6.07) is 0. The number of nitrogens with zero attached hydrogens (tertiary/aromatic N) is 2. The Morgan fingerprint density at radius 1 is 1.00 bits per heavy atom. The Morgan fingerprint density at radius 2 is 1.43 bits per heavy atom. The van der Waals surface area contributed by atoms with Crippen LogP contribution < -0.4 is 4.13 Å². The second-order valence-electron chi connectivity index (χ2n) is 3.78. The van der Waals surface area contributed by atoms with E-state index in [2.05, 4.69) is 16.5 Å². The number of alkyl halides is 6. The van der Waals surface area contributed by atoms with Crippen LogP contribution in [0, 0.1) is 0 Å². The van der Waals surface area contributed by atoms with E-state index in [1.54, 1.807) is 6.20 Å². The van der Waals surface area contributed by atoms with Gasteiger partial charge in [0.1, 0.15) is 0 Å². The molecule has 0 aliphatic carbocycles. The summed E-state index contributed by atoms with van der Waals surface area (Å²) in [4.78, 5) is 3.90. The number of hydrogen-bond donors (Lipinski definition) is 1. The van der Waals surface area contributed by atoms with Gasteiger partial charge in [-0.15, -0.1) is 0 Å². The molecule has 1 rings (SSSR count). The lowest BCUT2D eigenvalue weighted by molar-refractivity contribution is -0.0476. The first kappa shape index (κ1) is 21.6. The number of sulfonamides is 2. The molecule has 1 heterocycles. The Labute approximate surface area is 127 Å². The van der Waals surface area contributed by atoms with Crippen LogP contribution in [0.4, 0.5) is 26.3 Å². The zero-order chi connectivity index (χ0) is 18.5. The first-order valence-corrected chi connectivity index (χ1v) is 8.47. The van der Waals surface area contributed by atoms with Crippen molar-refractivity contribution in [3.8, 4) is 0 Å². The second-order valence-corrected chi connectivity index (χ2v) is 7.39. The molecule has 0 unspecified atom stereocenters. The molecule has 0 saturated carbocycles. The fourth-order valence-corrected chi connectivity index (χ4v) is 2.83. The molecule has 1 aromatic rings. The molecule has 0 radical (unpaired) electrons. The minimum Gasteiger partial charge on any atom is -0.338 e. The van der Waals surface area contributed by atoms with Crippen LogP contribution in [0.1, 0.15) is 13.3 Å². The Hall–Kier alpha value is -1.35. The van der Waals surface area contributed by atoms with Crippen molar-refractivity contribution in [1.29, 1.82) is 0 Å². The van der Waals surface area contributed by atoms with Crippen LogP contribution in [0.2, 0.25) is 0 Å². The van der Waals surface area contributed by atoms with Gasteiger partial charge in [0.2, 0.25) is 0 Å². The van der Waals surface area contributed by atoms with Crippen molar-refractivity contribution in [2.45, 2.75) is 30.9 Å². The van der Waals surface area contributed by atoms with E-state index in [1.165, 1.54) is 6.42 Å². The number of nitrogens with one attached hydrogen (secondary N) is 1. The molecule has 1 aromatic heterocycles. The predicted octanol–water partition coefficient (Wildman–Crippen LogP) is 1.57. The highest BCUT2D eigenvalue weighted by Gasteiger charge is 2.55. The minimum absolute atomic E-state index is 0.493. The van der Waals surface area contributed by atoms with Crippen LogP contribution >= 0.6 is 0 Å². The Balaban J connectivity index is 0.000000502. The lowest BCUT2D eigenvalue weighted by atomic mass is 10.5. The van der Waals surface area contributed by atoms with Crippen molar-refractivity contribution in [2.24, 2.45) is 0 Å². The van der Waals surface area contributed by atoms with E-state index in [0.29, 0.717) is 0 Å². The number of aryl methyl sites for hydroxylation is 1. The molecule has 0 spiro atoms. The molecule has 0 amide bonds. The van der Waals surface area contributed by atoms with Crippen LogP contribution in [0.5, 0.6) is 0 Å². The van der Waals surface area contributed by atoms with E-state index in [9.17, 15) is 43.2 Å². The Morgan fingerprint density at radius 3 is 1.70 bits per heavy atom. The molecule has 0 atom stereocenters. The summed E-state index contributed by atoms with van der Waals surface area (Å²) in [5, 5.41) is 0. The highest BCUT2D eigenvalue weighted by atomic mass is 32.3. The summed E-state index contributed by atoms with van der Waals surface area (Å²) in [6.07, 6.45) is 6.79. The first-order chi connectivity index (χ1) is 10.1. The molecular formula is C8H11F6N3O4S2. The van der Waals surface area contributed by atoms with Gasteiger partial charge in [-0.3, -0.25) is 0 Å². The van der Waals surface area contributed by atoms with E-state index in [0.717, 1.165) is 6.54 Å². The molecule has 0 aliphatic rings. The van der Waals surface area contributed by atoms with Gasteiger partial charge in [0, 0.05) is 18.9 Å². The quantitative estimate of drug-likeness (QED) is 0.786. The smallest absolute Gasteiger partial charge is 0.338 e. The number of aromatic nitrogens is 2. The molecule has 15 heteroatoms. The van der Waals surface area contributed by atoms with Gasteiger partial charge in [-0.05, 0) is 6.42 Å². The average molecular weight is 391 g/mol. The molecule has 0 aliphatic heterocycles. The van der Waals surface area contributed by atoms with Crippen LogP contribution in [0.3, 0.4) is 0 Å². The molecular weight excluding hydrogens is 380 g/mol. The number of rotatable bonds is 4. The first-order valence-electron chi connectivity index (χ1n) is 5.51. The average Bonchev–Trinajstić information content (AvgIpc) is 2.78. The summed E-state index contributed by atoms with van der Waals surface area (Å²) in [6.45, 7) is 3.24. The lowest BCUT2D eigenvalue weighted by Gasteiger charge is -2.11. The van der Waals surface area contributed by atoms with Crippen molar-refractivity contribution < 1.29 is 43.2 Å². The molecule has 0 bridgehead atoms. The van der Waals surface area contributed by atoms with Crippen LogP contribution in [0.15, 0.2) is 18.7 Å². The van der Waals surface area contributed by atoms with Gasteiger partial charge in [0.05, 0.1) is 6.33 Å². The SMILES string of the molecule is CCCn1ccnc1.O=S(=O)(NS(=O)(=O)C(F)(F)F)C(F)(F)F. The van der Waals surface area contributed by atoms with E-state index in [1.807, 2.05) is 12.5 Å². The molecule has 7 nitrogen and oxygen atoms in total. The van der Waals surface area contributed by atoms with Crippen molar-refractivity contribution in [1.82, 2.24) is 13.7 Å². The number of imidazole rings is 1. The largest absolute Gasteiger partial charge is 0.512 e. The van der Waals surface area contributed by atoms with Crippen LogP contribution in [-0.4, -0.2) is 37.4 Å². The maximum Gasteiger partial charge on any atom is 0.512 e. The van der Waals surface area contributed by atoms with E-state index in [-0.39, 0.29) is 0 Å². The van der Waals surface area contributed by atoms with E-state index < -0.39 is 35.2 Å². The summed E-state index contributed by atoms with van der Waals surface area (Å²) >= 11 is 0. The highest BCUT2D eigenvalue weighted by Crippen LogP contribution is 2.27. The van der Waals surface area contributed by atoms with Gasteiger partial charge in [-0.25, -0.2) is 21.8 Å². The third-order valence-electron chi connectivity index (χ3n) is 1.87. The summed E-state index contributed by atoms with van der Waals surface area (Å²) in [7, 11) is -13.2. The lowest BCUT2D eigenvalue weighted by Crippen LogP contribution is -2.45. The highest BCUT2D eigenvalue weighted by molar-refractivity contribution is 8.05. The standard InChI is InChI=1S/C6H10N2.C2HF6NO4S2/c1-2-4-8-5-3-7-6-8;3-1(4,5)14(10,11)9-15(12,13)2(6,7)8/h3,5-6H,2,4H2,1H3;9H.